The summed E-state index contributed by atoms with van der Waals surface area (Å²) in [4.78, 5) is 40.1. The molecule has 0 unspecified atom stereocenters. The molecule has 2 aliphatic heterocycles. The average molecular weight is 482 g/mol. The number of urea groups is 1. The zero-order valence-corrected chi connectivity index (χ0v) is 18.9. The van der Waals surface area contributed by atoms with Gasteiger partial charge in [-0.05, 0) is 42.3 Å². The number of anilines is 2. The molecule has 1 aromatic heterocycles. The molecule has 2 aliphatic rings. The van der Waals surface area contributed by atoms with E-state index in [0.29, 0.717) is 23.5 Å². The second-order valence-corrected chi connectivity index (χ2v) is 8.53. The number of rotatable bonds is 3. The highest BCUT2D eigenvalue weighted by atomic mass is 35.5. The number of hydrogen-bond donors (Lipinski definition) is 3. The van der Waals surface area contributed by atoms with Crippen LogP contribution in [0.15, 0.2) is 48.5 Å². The molecule has 4 amide bonds. The number of carbonyl (C=O) groups is 3. The fourth-order valence-electron chi connectivity index (χ4n) is 4.57. The molecular weight excluding hydrogens is 461 g/mol. The first-order chi connectivity index (χ1) is 16.4. The van der Waals surface area contributed by atoms with Crippen LogP contribution < -0.4 is 20.9 Å². The van der Waals surface area contributed by atoms with E-state index in [-0.39, 0.29) is 29.2 Å². The summed E-state index contributed by atoms with van der Waals surface area (Å²) in [5.74, 6) is -1.32. The highest BCUT2D eigenvalue weighted by Gasteiger charge is 2.35. The maximum Gasteiger partial charge on any atom is 0.326 e. The number of para-hydroxylation sites is 1. The fraction of sp³-hybridized carbons (Fsp3) is 0.208. The van der Waals surface area contributed by atoms with E-state index in [1.807, 2.05) is 24.3 Å². The minimum absolute atomic E-state index is 0.135. The van der Waals surface area contributed by atoms with E-state index in [2.05, 4.69) is 16.0 Å². The first kappa shape index (κ1) is 22.0. The third-order valence-electron chi connectivity index (χ3n) is 6.12. The summed E-state index contributed by atoms with van der Waals surface area (Å²) in [7, 11) is 1.48. The molecule has 2 aromatic carbocycles. The molecule has 0 saturated carbocycles. The Balaban J connectivity index is 1.60. The summed E-state index contributed by atoms with van der Waals surface area (Å²) in [5.41, 5.74) is 3.17. The molecule has 0 fully saturated rings. The first-order valence-electron chi connectivity index (χ1n) is 10.7. The van der Waals surface area contributed by atoms with Gasteiger partial charge >= 0.3 is 6.03 Å². The van der Waals surface area contributed by atoms with Crippen molar-refractivity contribution in [1.29, 1.82) is 0 Å². The van der Waals surface area contributed by atoms with E-state index in [1.54, 1.807) is 4.90 Å². The van der Waals surface area contributed by atoms with Gasteiger partial charge in [0.05, 0.1) is 17.4 Å². The Kier molecular flexibility index (Phi) is 5.49. The fourth-order valence-corrected chi connectivity index (χ4v) is 4.80. The summed E-state index contributed by atoms with van der Waals surface area (Å²) < 4.78 is 15.6. The number of carbonyl (C=O) groups excluding carboxylic acids is 3. The molecule has 0 spiro atoms. The molecule has 34 heavy (non-hydrogen) atoms. The van der Waals surface area contributed by atoms with Crippen molar-refractivity contribution >= 4 is 40.8 Å². The summed E-state index contributed by atoms with van der Waals surface area (Å²) in [5, 5.41) is 8.52. The Labute approximate surface area is 199 Å². The highest BCUT2D eigenvalue weighted by molar-refractivity contribution is 6.31. The maximum absolute atomic E-state index is 14.1. The van der Waals surface area contributed by atoms with Crippen LogP contribution in [0.2, 0.25) is 5.02 Å². The molecule has 0 bridgehead atoms. The van der Waals surface area contributed by atoms with Gasteiger partial charge in [0.25, 0.3) is 5.91 Å². The lowest BCUT2D eigenvalue weighted by molar-refractivity contribution is -0.123. The van der Waals surface area contributed by atoms with E-state index >= 15 is 0 Å². The monoisotopic (exact) mass is 481 g/mol. The molecule has 174 valence electrons. The van der Waals surface area contributed by atoms with Crippen molar-refractivity contribution in [2.24, 2.45) is 0 Å². The topological polar surface area (TPSA) is 95.5 Å². The average Bonchev–Trinajstić information content (AvgIpc) is 3.41. The predicted molar refractivity (Wildman–Crippen MR) is 126 cm³/mol. The van der Waals surface area contributed by atoms with E-state index in [0.717, 1.165) is 17.7 Å². The van der Waals surface area contributed by atoms with Gasteiger partial charge in [0.2, 0.25) is 5.91 Å². The van der Waals surface area contributed by atoms with Crippen molar-refractivity contribution < 1.29 is 18.8 Å². The van der Waals surface area contributed by atoms with Gasteiger partial charge < -0.3 is 20.5 Å². The van der Waals surface area contributed by atoms with Gasteiger partial charge in [-0.25, -0.2) is 9.18 Å². The number of benzene rings is 2. The Hall–Kier alpha value is -3.85. The molecular formula is C24H21ClFN5O3. The lowest BCUT2D eigenvalue weighted by Gasteiger charge is -2.29. The van der Waals surface area contributed by atoms with Gasteiger partial charge in [-0.2, -0.15) is 0 Å². The lowest BCUT2D eigenvalue weighted by atomic mass is 10.0. The standard InChI is InChI=1S/C24H21ClFN5O3/c1-27-23(33)19-11-17(28-24(34)30-9-8-13-4-2-3-5-18(13)30)22-21(29-20(32)12-31(19)22)15-10-14(26)6-7-16(15)25/h2-7,10-11,21H,8-9,12H2,1H3,(H,27,33)(H,28,34)(H,29,32)/t21-/m0/s1. The molecule has 1 atom stereocenters. The summed E-state index contributed by atoms with van der Waals surface area (Å²) in [6.45, 7) is 0.378. The van der Waals surface area contributed by atoms with Crippen molar-refractivity contribution in [3.8, 4) is 0 Å². The molecule has 0 radical (unpaired) electrons. The normalized spacial score (nSPS) is 16.5. The summed E-state index contributed by atoms with van der Waals surface area (Å²) in [6.07, 6.45) is 0.735. The van der Waals surface area contributed by atoms with Crippen LogP contribution in [0.3, 0.4) is 0 Å². The largest absolute Gasteiger partial charge is 0.354 e. The van der Waals surface area contributed by atoms with Crippen molar-refractivity contribution in [2.45, 2.75) is 19.0 Å². The highest BCUT2D eigenvalue weighted by Crippen LogP contribution is 2.38. The SMILES string of the molecule is CNC(=O)c1cc(NC(=O)N2CCc3ccccc32)c2n1CC(=O)N[C@H]2c1cc(F)ccc1Cl. The van der Waals surface area contributed by atoms with Crippen LogP contribution >= 0.6 is 11.6 Å². The number of nitrogens with zero attached hydrogens (tertiary/aromatic N) is 2. The van der Waals surface area contributed by atoms with E-state index in [4.69, 9.17) is 11.6 Å². The number of hydrogen-bond acceptors (Lipinski definition) is 3. The smallest absolute Gasteiger partial charge is 0.326 e. The Morgan fingerprint density at radius 3 is 2.76 bits per heavy atom. The number of aromatic nitrogens is 1. The van der Waals surface area contributed by atoms with Crippen LogP contribution in [0, 0.1) is 5.82 Å². The van der Waals surface area contributed by atoms with E-state index in [9.17, 15) is 18.8 Å². The lowest BCUT2D eigenvalue weighted by Crippen LogP contribution is -2.41. The molecule has 8 nitrogen and oxygen atoms in total. The van der Waals surface area contributed by atoms with Gasteiger partial charge in [-0.15, -0.1) is 0 Å². The van der Waals surface area contributed by atoms with Crippen LogP contribution in [0.25, 0.3) is 0 Å². The Morgan fingerprint density at radius 1 is 1.18 bits per heavy atom. The quantitative estimate of drug-likeness (QED) is 0.534. The van der Waals surface area contributed by atoms with Crippen LogP contribution in [-0.4, -0.2) is 36.0 Å². The van der Waals surface area contributed by atoms with E-state index in [1.165, 1.54) is 35.9 Å². The molecule has 3 aromatic rings. The Bertz CT molecular complexity index is 1340. The minimum Gasteiger partial charge on any atom is -0.354 e. The van der Waals surface area contributed by atoms with Crippen LogP contribution in [0.4, 0.5) is 20.6 Å². The summed E-state index contributed by atoms with van der Waals surface area (Å²) >= 11 is 6.36. The maximum atomic E-state index is 14.1. The second kappa shape index (κ2) is 8.49. The first-order valence-corrected chi connectivity index (χ1v) is 11.1. The van der Waals surface area contributed by atoms with Crippen molar-refractivity contribution in [3.63, 3.8) is 0 Å². The van der Waals surface area contributed by atoms with Gasteiger partial charge in [0.15, 0.2) is 0 Å². The molecule has 3 N–H and O–H groups in total. The molecule has 10 heteroatoms. The van der Waals surface area contributed by atoms with Gasteiger partial charge in [0.1, 0.15) is 18.1 Å². The number of amides is 4. The predicted octanol–water partition coefficient (Wildman–Crippen LogP) is 3.45. The zero-order chi connectivity index (χ0) is 24.0. The van der Waals surface area contributed by atoms with Crippen molar-refractivity contribution in [2.75, 3.05) is 23.8 Å². The Morgan fingerprint density at radius 2 is 1.97 bits per heavy atom. The van der Waals surface area contributed by atoms with Crippen LogP contribution in [0.1, 0.15) is 33.4 Å². The number of nitrogens with one attached hydrogen (secondary N) is 3. The molecule has 0 saturated heterocycles. The van der Waals surface area contributed by atoms with E-state index < -0.39 is 17.8 Å². The van der Waals surface area contributed by atoms with Crippen molar-refractivity contribution in [3.05, 3.63) is 81.9 Å². The van der Waals surface area contributed by atoms with Crippen LogP contribution in [0.5, 0.6) is 0 Å². The number of halogens is 2. The zero-order valence-electron chi connectivity index (χ0n) is 18.2. The minimum atomic E-state index is -0.871. The molecule has 0 aliphatic carbocycles. The van der Waals surface area contributed by atoms with Crippen molar-refractivity contribution in [1.82, 2.24) is 15.2 Å². The van der Waals surface area contributed by atoms with Gasteiger partial charge in [0, 0.05) is 29.9 Å². The summed E-state index contributed by atoms with van der Waals surface area (Å²) in [6, 6.07) is 11.8. The van der Waals surface area contributed by atoms with Gasteiger partial charge in [-0.3, -0.25) is 14.5 Å². The molecule has 3 heterocycles. The second-order valence-electron chi connectivity index (χ2n) is 8.12. The van der Waals surface area contributed by atoms with Crippen LogP contribution in [-0.2, 0) is 17.8 Å². The third-order valence-corrected chi connectivity index (χ3v) is 6.47. The molecule has 5 rings (SSSR count). The third kappa shape index (κ3) is 3.67. The number of fused-ring (bicyclic) bond motifs is 2. The van der Waals surface area contributed by atoms with Gasteiger partial charge in [-0.1, -0.05) is 29.8 Å².